The molecule has 0 saturated carbocycles. The van der Waals surface area contributed by atoms with Gasteiger partial charge < -0.3 is 15.5 Å². The Balaban J connectivity index is 2.09. The Morgan fingerprint density at radius 3 is 2.95 bits per heavy atom. The van der Waals surface area contributed by atoms with Gasteiger partial charge in [-0.15, -0.1) is 11.3 Å². The molecule has 2 aromatic heterocycles. The van der Waals surface area contributed by atoms with Crippen LogP contribution in [0.15, 0.2) is 16.2 Å². The molecule has 6 nitrogen and oxygen atoms in total. The Bertz CT molecular complexity index is 738. The number of likely N-dealkylation sites (N-methyl/N-ethyl adjacent to an activating group) is 1. The van der Waals surface area contributed by atoms with Crippen molar-refractivity contribution in [3.05, 3.63) is 32.2 Å². The van der Waals surface area contributed by atoms with Crippen LogP contribution in [-0.4, -0.2) is 29.6 Å². The highest BCUT2D eigenvalue weighted by atomic mass is 32.1. The summed E-state index contributed by atoms with van der Waals surface area (Å²) in [6.07, 6.45) is 0.989. The number of nitrogen functional groups attached to an aromatic ring is 1. The molecule has 3 heterocycles. The van der Waals surface area contributed by atoms with Crippen molar-refractivity contribution in [2.24, 2.45) is 0 Å². The van der Waals surface area contributed by atoms with E-state index in [-0.39, 0.29) is 11.5 Å². The minimum Gasteiger partial charge on any atom is -0.369 e. The molecule has 1 aliphatic heterocycles. The van der Waals surface area contributed by atoms with E-state index >= 15 is 0 Å². The van der Waals surface area contributed by atoms with E-state index in [1.54, 1.807) is 11.3 Å². The van der Waals surface area contributed by atoms with Crippen molar-refractivity contribution < 1.29 is 0 Å². The zero-order chi connectivity index (χ0) is 15.9. The van der Waals surface area contributed by atoms with E-state index in [1.807, 2.05) is 11.9 Å². The van der Waals surface area contributed by atoms with Gasteiger partial charge in [-0.25, -0.2) is 0 Å². The highest BCUT2D eigenvalue weighted by Crippen LogP contribution is 2.33. The fourth-order valence-corrected chi connectivity index (χ4v) is 3.87. The number of rotatable bonds is 3. The summed E-state index contributed by atoms with van der Waals surface area (Å²) in [6.45, 7) is 5.85. The summed E-state index contributed by atoms with van der Waals surface area (Å²) >= 11 is 1.74. The first kappa shape index (κ1) is 14.9. The van der Waals surface area contributed by atoms with Crippen LogP contribution in [0.3, 0.4) is 0 Å². The van der Waals surface area contributed by atoms with E-state index in [1.165, 1.54) is 10.4 Å². The van der Waals surface area contributed by atoms with Gasteiger partial charge >= 0.3 is 0 Å². The molecule has 7 heteroatoms. The van der Waals surface area contributed by atoms with Crippen molar-refractivity contribution in [3.63, 3.8) is 0 Å². The number of aromatic nitrogens is 2. The van der Waals surface area contributed by atoms with E-state index in [0.29, 0.717) is 17.5 Å². The van der Waals surface area contributed by atoms with Crippen LogP contribution in [0, 0.1) is 6.92 Å². The van der Waals surface area contributed by atoms with Crippen LogP contribution in [0.2, 0.25) is 0 Å². The monoisotopic (exact) mass is 319 g/mol. The Hall–Kier alpha value is -2.02. The van der Waals surface area contributed by atoms with Crippen LogP contribution >= 0.6 is 11.3 Å². The summed E-state index contributed by atoms with van der Waals surface area (Å²) in [5, 5.41) is 2.10. The molecule has 0 aliphatic carbocycles. The van der Waals surface area contributed by atoms with Crippen molar-refractivity contribution in [3.8, 4) is 0 Å². The van der Waals surface area contributed by atoms with Gasteiger partial charge in [0.05, 0.1) is 6.54 Å². The number of hydrogen-bond acceptors (Lipinski definition) is 6. The van der Waals surface area contributed by atoms with Gasteiger partial charge in [-0.05, 0) is 30.4 Å². The summed E-state index contributed by atoms with van der Waals surface area (Å²) < 4.78 is 0. The largest absolute Gasteiger partial charge is 0.369 e. The topological polar surface area (TPSA) is 78.2 Å². The molecule has 118 valence electrons. The third kappa shape index (κ3) is 2.45. The first-order valence-electron chi connectivity index (χ1n) is 7.41. The fourth-order valence-electron chi connectivity index (χ4n) is 2.97. The number of aromatic amines is 1. The molecular weight excluding hydrogens is 298 g/mol. The van der Waals surface area contributed by atoms with Crippen LogP contribution in [0.4, 0.5) is 17.5 Å². The van der Waals surface area contributed by atoms with E-state index in [4.69, 9.17) is 5.73 Å². The highest BCUT2D eigenvalue weighted by molar-refractivity contribution is 7.10. The number of aryl methyl sites for hydroxylation is 1. The fraction of sp³-hybridized carbons (Fsp3) is 0.467. The molecule has 1 aliphatic rings. The molecule has 2 aromatic rings. The number of hydrogen-bond donors (Lipinski definition) is 2. The van der Waals surface area contributed by atoms with Gasteiger partial charge in [-0.2, -0.15) is 4.98 Å². The number of anilines is 3. The minimum atomic E-state index is -0.174. The second-order valence-electron chi connectivity index (χ2n) is 5.72. The Kier molecular flexibility index (Phi) is 3.82. The number of H-pyrrole nitrogens is 1. The molecule has 3 N–H and O–H groups in total. The van der Waals surface area contributed by atoms with E-state index in [2.05, 4.69) is 40.2 Å². The van der Waals surface area contributed by atoms with Crippen molar-refractivity contribution in [2.45, 2.75) is 32.9 Å². The van der Waals surface area contributed by atoms with Crippen molar-refractivity contribution in [1.82, 2.24) is 9.97 Å². The molecule has 22 heavy (non-hydrogen) atoms. The number of fused-ring (bicyclic) bond motifs is 1. The number of nitrogens with zero attached hydrogens (tertiary/aromatic N) is 3. The summed E-state index contributed by atoms with van der Waals surface area (Å²) in [5.74, 6) is 0.858. The predicted octanol–water partition coefficient (Wildman–Crippen LogP) is 1.96. The number of nitrogens with two attached hydrogens (primary N) is 1. The first-order chi connectivity index (χ1) is 10.5. The summed E-state index contributed by atoms with van der Waals surface area (Å²) in [5.41, 5.74) is 7.48. The van der Waals surface area contributed by atoms with Crippen molar-refractivity contribution in [1.29, 1.82) is 0 Å². The predicted molar refractivity (Wildman–Crippen MR) is 91.9 cm³/mol. The van der Waals surface area contributed by atoms with Gasteiger partial charge in [-0.3, -0.25) is 9.78 Å². The summed E-state index contributed by atoms with van der Waals surface area (Å²) in [7, 11) is 1.93. The number of thiophene rings is 1. The lowest BCUT2D eigenvalue weighted by molar-refractivity contribution is 0.542. The molecule has 0 bridgehead atoms. The third-order valence-electron chi connectivity index (χ3n) is 4.23. The van der Waals surface area contributed by atoms with Crippen LogP contribution in [0.1, 0.15) is 23.8 Å². The van der Waals surface area contributed by atoms with Crippen LogP contribution < -0.4 is 21.1 Å². The normalized spacial score (nSPS) is 17.7. The van der Waals surface area contributed by atoms with Crippen molar-refractivity contribution >= 4 is 28.8 Å². The molecule has 0 radical (unpaired) electrons. The summed E-state index contributed by atoms with van der Waals surface area (Å²) in [4.78, 5) is 24.8. The van der Waals surface area contributed by atoms with E-state index < -0.39 is 0 Å². The lowest BCUT2D eigenvalue weighted by atomic mass is 10.1. The standard InChI is InChI=1S/C15H21N5OS/c1-4-10-7-19(3)12-13(17-15(16)18-14(12)21)20(10)8-11-9(2)5-6-22-11/h5-6,10H,4,7-8H2,1-3H3,(H3,16,17,18,21). The number of nitrogens with one attached hydrogen (secondary N) is 1. The van der Waals surface area contributed by atoms with Gasteiger partial charge in [0.25, 0.3) is 5.56 Å². The van der Waals surface area contributed by atoms with Gasteiger partial charge in [0.15, 0.2) is 5.82 Å². The third-order valence-corrected chi connectivity index (χ3v) is 5.24. The first-order valence-corrected chi connectivity index (χ1v) is 8.29. The molecule has 1 atom stereocenters. The van der Waals surface area contributed by atoms with Gasteiger partial charge in [0.2, 0.25) is 5.95 Å². The maximum Gasteiger partial charge on any atom is 0.278 e. The average molecular weight is 319 g/mol. The second kappa shape index (κ2) is 5.64. The Morgan fingerprint density at radius 1 is 1.55 bits per heavy atom. The molecule has 1 unspecified atom stereocenters. The van der Waals surface area contributed by atoms with E-state index in [9.17, 15) is 4.79 Å². The van der Waals surface area contributed by atoms with Crippen molar-refractivity contribution in [2.75, 3.05) is 29.1 Å². The average Bonchev–Trinajstić information content (AvgIpc) is 2.86. The molecule has 0 saturated heterocycles. The lowest BCUT2D eigenvalue weighted by Gasteiger charge is -2.41. The van der Waals surface area contributed by atoms with Gasteiger partial charge in [0, 0.05) is 24.5 Å². The highest BCUT2D eigenvalue weighted by Gasteiger charge is 2.32. The van der Waals surface area contributed by atoms with Crippen LogP contribution in [0.25, 0.3) is 0 Å². The Labute approximate surface area is 133 Å². The minimum absolute atomic E-state index is 0.168. The molecule has 0 spiro atoms. The summed E-state index contributed by atoms with van der Waals surface area (Å²) in [6, 6.07) is 2.44. The quantitative estimate of drug-likeness (QED) is 0.904. The SMILES string of the molecule is CCC1CN(C)c2c(nc(N)[nH]c2=O)N1Cc1sccc1C. The van der Waals surface area contributed by atoms with Crippen LogP contribution in [-0.2, 0) is 6.54 Å². The van der Waals surface area contributed by atoms with Gasteiger partial charge in [0.1, 0.15) is 5.69 Å². The maximum absolute atomic E-state index is 12.3. The zero-order valence-electron chi connectivity index (χ0n) is 13.1. The van der Waals surface area contributed by atoms with Crippen LogP contribution in [0.5, 0.6) is 0 Å². The zero-order valence-corrected chi connectivity index (χ0v) is 13.9. The molecule has 0 amide bonds. The Morgan fingerprint density at radius 2 is 2.32 bits per heavy atom. The second-order valence-corrected chi connectivity index (χ2v) is 6.72. The molecule has 0 aromatic carbocycles. The van der Waals surface area contributed by atoms with E-state index in [0.717, 1.165) is 19.5 Å². The smallest absolute Gasteiger partial charge is 0.278 e. The van der Waals surface area contributed by atoms with Gasteiger partial charge in [-0.1, -0.05) is 6.92 Å². The molecule has 0 fully saturated rings. The molecule has 3 rings (SSSR count). The maximum atomic E-state index is 12.3. The molecular formula is C15H21N5OS. The lowest BCUT2D eigenvalue weighted by Crippen LogP contribution is -2.49.